The number of nitrogens with one attached hydrogen (secondary N) is 1. The third kappa shape index (κ3) is 3.79. The Labute approximate surface area is 126 Å². The monoisotopic (exact) mass is 326 g/mol. The van der Waals surface area contributed by atoms with Gasteiger partial charge in [-0.2, -0.15) is 4.39 Å². The summed E-state index contributed by atoms with van der Waals surface area (Å²) in [5.41, 5.74) is 4.06. The fourth-order valence-electron chi connectivity index (χ4n) is 1.83. The summed E-state index contributed by atoms with van der Waals surface area (Å²) < 4.78 is 39.7. The molecule has 0 aliphatic rings. The molecule has 0 aromatic heterocycles. The first kappa shape index (κ1) is 19.5. The van der Waals surface area contributed by atoms with Crippen LogP contribution in [0.4, 0.5) is 13.2 Å². The smallest absolute Gasteiger partial charge is 0.254 e. The Bertz CT molecular complexity index is 514. The van der Waals surface area contributed by atoms with Crippen molar-refractivity contribution in [2.24, 2.45) is 5.73 Å². The van der Waals surface area contributed by atoms with Crippen LogP contribution in [0.3, 0.4) is 0 Å². The number of amides is 1. The van der Waals surface area contributed by atoms with Crippen molar-refractivity contribution in [1.82, 2.24) is 5.32 Å². The number of carbonyl (C=O) groups is 1. The minimum atomic E-state index is -1.73. The third-order valence-electron chi connectivity index (χ3n) is 3.50. The molecule has 1 aromatic rings. The van der Waals surface area contributed by atoms with Crippen molar-refractivity contribution >= 4 is 18.3 Å². The molecule has 1 amide bonds. The molecule has 1 aromatic carbocycles. The maximum atomic E-state index is 13.6. The van der Waals surface area contributed by atoms with Gasteiger partial charge >= 0.3 is 0 Å². The molecule has 0 saturated carbocycles. The molecule has 4 nitrogen and oxygen atoms in total. The van der Waals surface area contributed by atoms with Gasteiger partial charge in [-0.25, -0.2) is 8.78 Å². The van der Waals surface area contributed by atoms with Crippen molar-refractivity contribution in [3.05, 3.63) is 29.1 Å². The minimum absolute atomic E-state index is 0. The lowest BCUT2D eigenvalue weighted by atomic mass is 9.92. The second-order valence-corrected chi connectivity index (χ2v) is 4.53. The minimum Gasteiger partial charge on any atom is -0.503 e. The molecule has 0 heterocycles. The van der Waals surface area contributed by atoms with E-state index in [-0.39, 0.29) is 19.0 Å². The molecule has 1 rings (SSSR count). The summed E-state index contributed by atoms with van der Waals surface area (Å²) >= 11 is 0. The molecular formula is C13H18ClF3N2O2. The highest BCUT2D eigenvalue weighted by Gasteiger charge is 2.30. The molecule has 0 bridgehead atoms. The van der Waals surface area contributed by atoms with E-state index in [9.17, 15) is 18.0 Å². The fourth-order valence-corrected chi connectivity index (χ4v) is 1.83. The summed E-state index contributed by atoms with van der Waals surface area (Å²) in [6.07, 6.45) is 0.978. The number of aromatic hydroxyl groups is 1. The van der Waals surface area contributed by atoms with Crippen LogP contribution >= 0.6 is 12.4 Å². The Hall–Kier alpha value is -1.47. The van der Waals surface area contributed by atoms with E-state index < -0.39 is 40.2 Å². The standard InChI is InChI=1S/C13H17F3N2O2.ClH/c1-3-13(4-2,6-17)18-12(20)7-5-8(14)10(16)11(19)9(7)15;/h5,19H,3-4,6,17H2,1-2H3,(H,18,20);1H. The van der Waals surface area contributed by atoms with Gasteiger partial charge in [-0.15, -0.1) is 12.4 Å². The summed E-state index contributed by atoms with van der Waals surface area (Å²) in [6, 6.07) is 0.409. The zero-order chi connectivity index (χ0) is 15.5. The summed E-state index contributed by atoms with van der Waals surface area (Å²) in [7, 11) is 0. The summed E-state index contributed by atoms with van der Waals surface area (Å²) in [6.45, 7) is 3.69. The Balaban J connectivity index is 0.00000400. The summed E-state index contributed by atoms with van der Waals surface area (Å²) in [5.74, 6) is -7.19. The van der Waals surface area contributed by atoms with Gasteiger partial charge in [0, 0.05) is 6.54 Å². The third-order valence-corrected chi connectivity index (χ3v) is 3.50. The lowest BCUT2D eigenvalue weighted by Gasteiger charge is -2.31. The van der Waals surface area contributed by atoms with Crippen LogP contribution in [0.15, 0.2) is 6.07 Å². The molecule has 0 unspecified atom stereocenters. The number of hydrogen-bond acceptors (Lipinski definition) is 3. The number of benzene rings is 1. The SMILES string of the molecule is CCC(CC)(CN)NC(=O)c1cc(F)c(F)c(O)c1F.Cl. The van der Waals surface area contributed by atoms with Crippen LogP contribution in [0.25, 0.3) is 0 Å². The molecule has 0 fully saturated rings. The van der Waals surface area contributed by atoms with Crippen LogP contribution in [0.5, 0.6) is 5.75 Å². The van der Waals surface area contributed by atoms with E-state index in [0.717, 1.165) is 0 Å². The molecule has 8 heteroatoms. The first-order chi connectivity index (χ1) is 9.31. The van der Waals surface area contributed by atoms with Gasteiger partial charge in [-0.1, -0.05) is 13.8 Å². The van der Waals surface area contributed by atoms with Crippen LogP contribution in [0.1, 0.15) is 37.0 Å². The van der Waals surface area contributed by atoms with Gasteiger partial charge in [0.25, 0.3) is 5.91 Å². The number of halogens is 4. The van der Waals surface area contributed by atoms with Gasteiger partial charge in [0.15, 0.2) is 17.4 Å². The van der Waals surface area contributed by atoms with Gasteiger partial charge in [-0.05, 0) is 18.9 Å². The van der Waals surface area contributed by atoms with Crippen LogP contribution in [0, 0.1) is 17.5 Å². The number of rotatable bonds is 5. The van der Waals surface area contributed by atoms with E-state index in [0.29, 0.717) is 18.9 Å². The normalized spacial score (nSPS) is 11.0. The van der Waals surface area contributed by atoms with Gasteiger partial charge < -0.3 is 16.2 Å². The number of nitrogens with two attached hydrogens (primary N) is 1. The summed E-state index contributed by atoms with van der Waals surface area (Å²) in [4.78, 5) is 12.0. The van der Waals surface area contributed by atoms with Crippen molar-refractivity contribution in [3.63, 3.8) is 0 Å². The number of hydrogen-bond donors (Lipinski definition) is 3. The summed E-state index contributed by atoms with van der Waals surface area (Å²) in [5, 5.41) is 11.6. The lowest BCUT2D eigenvalue weighted by Crippen LogP contribution is -2.53. The van der Waals surface area contributed by atoms with E-state index in [1.54, 1.807) is 13.8 Å². The van der Waals surface area contributed by atoms with E-state index in [1.165, 1.54) is 0 Å². The van der Waals surface area contributed by atoms with Crippen LogP contribution < -0.4 is 11.1 Å². The van der Waals surface area contributed by atoms with Crippen LogP contribution in [-0.4, -0.2) is 23.1 Å². The maximum Gasteiger partial charge on any atom is 0.254 e. The highest BCUT2D eigenvalue weighted by Crippen LogP contribution is 2.26. The molecule has 0 spiro atoms. The Morgan fingerprint density at radius 1 is 1.29 bits per heavy atom. The number of phenolic OH excluding ortho intramolecular Hbond substituents is 1. The van der Waals surface area contributed by atoms with Crippen molar-refractivity contribution in [2.45, 2.75) is 32.2 Å². The Morgan fingerprint density at radius 3 is 2.24 bits per heavy atom. The van der Waals surface area contributed by atoms with Crippen molar-refractivity contribution in [1.29, 1.82) is 0 Å². The van der Waals surface area contributed by atoms with E-state index >= 15 is 0 Å². The molecular weight excluding hydrogens is 309 g/mol. The second kappa shape index (κ2) is 7.51. The average molecular weight is 327 g/mol. The molecule has 0 aliphatic carbocycles. The Morgan fingerprint density at radius 2 is 1.81 bits per heavy atom. The number of phenols is 1. The maximum absolute atomic E-state index is 13.6. The highest BCUT2D eigenvalue weighted by atomic mass is 35.5. The molecule has 4 N–H and O–H groups in total. The van der Waals surface area contributed by atoms with Gasteiger partial charge in [0.2, 0.25) is 5.82 Å². The topological polar surface area (TPSA) is 75.3 Å². The fraction of sp³-hybridized carbons (Fsp3) is 0.462. The molecule has 120 valence electrons. The Kier molecular flexibility index (Phi) is 6.99. The average Bonchev–Trinajstić information content (AvgIpc) is 2.46. The lowest BCUT2D eigenvalue weighted by molar-refractivity contribution is 0.0889. The van der Waals surface area contributed by atoms with Crippen LogP contribution in [-0.2, 0) is 0 Å². The van der Waals surface area contributed by atoms with Gasteiger partial charge in [0.05, 0.1) is 11.1 Å². The van der Waals surface area contributed by atoms with E-state index in [4.69, 9.17) is 10.8 Å². The molecule has 0 aliphatic heterocycles. The molecule has 21 heavy (non-hydrogen) atoms. The van der Waals surface area contributed by atoms with Crippen molar-refractivity contribution < 1.29 is 23.1 Å². The van der Waals surface area contributed by atoms with Crippen molar-refractivity contribution in [3.8, 4) is 5.75 Å². The predicted octanol–water partition coefficient (Wildman–Crippen LogP) is 2.48. The predicted molar refractivity (Wildman–Crippen MR) is 75.1 cm³/mol. The first-order valence-electron chi connectivity index (χ1n) is 6.21. The van der Waals surface area contributed by atoms with Crippen molar-refractivity contribution in [2.75, 3.05) is 6.54 Å². The van der Waals surface area contributed by atoms with Crippen LogP contribution in [0.2, 0.25) is 0 Å². The quantitative estimate of drug-likeness (QED) is 0.728. The van der Waals surface area contributed by atoms with E-state index in [1.807, 2.05) is 0 Å². The zero-order valence-electron chi connectivity index (χ0n) is 11.7. The second-order valence-electron chi connectivity index (χ2n) is 4.53. The zero-order valence-corrected chi connectivity index (χ0v) is 12.5. The van der Waals surface area contributed by atoms with Gasteiger partial charge in [-0.3, -0.25) is 4.79 Å². The molecule has 0 radical (unpaired) electrons. The first-order valence-corrected chi connectivity index (χ1v) is 6.21. The molecule has 0 atom stereocenters. The highest BCUT2D eigenvalue weighted by molar-refractivity contribution is 5.95. The van der Waals surface area contributed by atoms with Gasteiger partial charge in [0.1, 0.15) is 0 Å². The largest absolute Gasteiger partial charge is 0.503 e. The molecule has 0 saturated heterocycles. The van der Waals surface area contributed by atoms with E-state index in [2.05, 4.69) is 5.32 Å². The number of carbonyl (C=O) groups excluding carboxylic acids is 1.